The highest BCUT2D eigenvalue weighted by Crippen LogP contribution is 2.24. The monoisotopic (exact) mass is 393 g/mol. The first-order valence-electron chi connectivity index (χ1n) is 9.15. The number of para-hydroxylation sites is 1. The van der Waals surface area contributed by atoms with Gasteiger partial charge in [0.1, 0.15) is 0 Å². The molecule has 1 aliphatic rings. The van der Waals surface area contributed by atoms with Gasteiger partial charge < -0.3 is 5.32 Å². The van der Waals surface area contributed by atoms with E-state index in [1.54, 1.807) is 11.3 Å². The minimum Gasteiger partial charge on any atom is -0.326 e. The van der Waals surface area contributed by atoms with E-state index in [1.807, 2.05) is 42.5 Å². The van der Waals surface area contributed by atoms with Crippen molar-refractivity contribution in [3.63, 3.8) is 0 Å². The number of nitrogens with one attached hydrogen (secondary N) is 1. The van der Waals surface area contributed by atoms with Crippen LogP contribution in [0.3, 0.4) is 0 Å². The summed E-state index contributed by atoms with van der Waals surface area (Å²) in [4.78, 5) is 41.0. The van der Waals surface area contributed by atoms with E-state index in [2.05, 4.69) is 16.4 Å². The Bertz CT molecular complexity index is 993. The van der Waals surface area contributed by atoms with Gasteiger partial charge in [-0.1, -0.05) is 24.3 Å². The summed E-state index contributed by atoms with van der Waals surface area (Å²) < 4.78 is 1.18. The zero-order valence-corrected chi connectivity index (χ0v) is 16.0. The molecule has 2 aromatic carbocycles. The summed E-state index contributed by atoms with van der Waals surface area (Å²) in [7, 11) is 0. The average molecular weight is 393 g/mol. The molecule has 1 saturated heterocycles. The lowest BCUT2D eigenvalue weighted by Crippen LogP contribution is -2.32. The lowest BCUT2D eigenvalue weighted by molar-refractivity contribution is -0.138. The Kier molecular flexibility index (Phi) is 5.16. The second-order valence-electron chi connectivity index (χ2n) is 6.69. The van der Waals surface area contributed by atoms with Gasteiger partial charge in [-0.3, -0.25) is 19.3 Å². The van der Waals surface area contributed by atoms with E-state index in [9.17, 15) is 14.4 Å². The molecule has 0 unspecified atom stereocenters. The molecule has 1 aromatic heterocycles. The SMILES string of the molecule is O=C(CCN1C(=O)CCC1=O)Nc1ccc(Cc2nc3ccccc3s2)cc1. The first-order valence-corrected chi connectivity index (χ1v) is 9.96. The van der Waals surface area contributed by atoms with Crippen LogP contribution >= 0.6 is 11.3 Å². The number of thiazole rings is 1. The summed E-state index contributed by atoms with van der Waals surface area (Å²) >= 11 is 1.69. The van der Waals surface area contributed by atoms with E-state index < -0.39 is 0 Å². The zero-order valence-electron chi connectivity index (χ0n) is 15.2. The van der Waals surface area contributed by atoms with Gasteiger partial charge in [-0.2, -0.15) is 0 Å². The number of fused-ring (bicyclic) bond motifs is 1. The fourth-order valence-corrected chi connectivity index (χ4v) is 4.19. The zero-order chi connectivity index (χ0) is 19.5. The largest absolute Gasteiger partial charge is 0.326 e. The fraction of sp³-hybridized carbons (Fsp3) is 0.238. The maximum Gasteiger partial charge on any atom is 0.229 e. The van der Waals surface area contributed by atoms with Crippen LogP contribution in [-0.4, -0.2) is 34.2 Å². The molecule has 142 valence electrons. The van der Waals surface area contributed by atoms with Crippen LogP contribution in [-0.2, 0) is 20.8 Å². The van der Waals surface area contributed by atoms with Crippen molar-refractivity contribution in [3.05, 3.63) is 59.1 Å². The Morgan fingerprint density at radius 2 is 1.75 bits per heavy atom. The number of carbonyl (C=O) groups excluding carboxylic acids is 3. The Morgan fingerprint density at radius 3 is 2.46 bits per heavy atom. The summed E-state index contributed by atoms with van der Waals surface area (Å²) in [5.74, 6) is -0.611. The van der Waals surface area contributed by atoms with E-state index >= 15 is 0 Å². The highest BCUT2D eigenvalue weighted by atomic mass is 32.1. The van der Waals surface area contributed by atoms with Gasteiger partial charge in [-0.15, -0.1) is 11.3 Å². The molecule has 1 fully saturated rings. The average Bonchev–Trinajstić information content (AvgIpc) is 3.24. The van der Waals surface area contributed by atoms with Crippen LogP contribution in [0.15, 0.2) is 48.5 Å². The molecular formula is C21H19N3O3S. The summed E-state index contributed by atoms with van der Waals surface area (Å²) in [6.07, 6.45) is 1.34. The molecule has 2 heterocycles. The summed E-state index contributed by atoms with van der Waals surface area (Å²) in [5, 5.41) is 3.86. The molecule has 28 heavy (non-hydrogen) atoms. The minimum atomic E-state index is -0.216. The number of nitrogens with zero attached hydrogens (tertiary/aromatic N) is 2. The molecule has 7 heteroatoms. The third kappa shape index (κ3) is 4.09. The number of likely N-dealkylation sites (tertiary alicyclic amines) is 1. The normalized spacial score (nSPS) is 14.1. The molecule has 0 radical (unpaired) electrons. The summed E-state index contributed by atoms with van der Waals surface area (Å²) in [6.45, 7) is 0.138. The number of hydrogen-bond acceptors (Lipinski definition) is 5. The summed E-state index contributed by atoms with van der Waals surface area (Å²) in [5.41, 5.74) is 2.82. The first kappa shape index (κ1) is 18.3. The molecule has 0 aliphatic carbocycles. The van der Waals surface area contributed by atoms with Crippen LogP contribution in [0.4, 0.5) is 5.69 Å². The minimum absolute atomic E-state index is 0.102. The number of amides is 3. The van der Waals surface area contributed by atoms with Crippen molar-refractivity contribution in [2.45, 2.75) is 25.7 Å². The Morgan fingerprint density at radius 1 is 1.04 bits per heavy atom. The fourth-order valence-electron chi connectivity index (χ4n) is 3.19. The number of carbonyl (C=O) groups is 3. The predicted molar refractivity (Wildman–Crippen MR) is 108 cm³/mol. The molecule has 1 aliphatic heterocycles. The molecule has 3 amide bonds. The molecule has 0 atom stereocenters. The van der Waals surface area contributed by atoms with E-state index in [4.69, 9.17) is 0 Å². The second-order valence-corrected chi connectivity index (χ2v) is 7.80. The highest BCUT2D eigenvalue weighted by Gasteiger charge is 2.28. The molecule has 6 nitrogen and oxygen atoms in total. The van der Waals surface area contributed by atoms with Crippen molar-refractivity contribution in [3.8, 4) is 0 Å². The third-order valence-electron chi connectivity index (χ3n) is 4.65. The van der Waals surface area contributed by atoms with Gasteiger partial charge in [-0.05, 0) is 29.8 Å². The molecule has 1 N–H and O–H groups in total. The lowest BCUT2D eigenvalue weighted by Gasteiger charge is -2.13. The van der Waals surface area contributed by atoms with E-state index in [0.29, 0.717) is 5.69 Å². The maximum atomic E-state index is 12.1. The van der Waals surface area contributed by atoms with Crippen LogP contribution in [0.2, 0.25) is 0 Å². The predicted octanol–water partition coefficient (Wildman–Crippen LogP) is 3.36. The van der Waals surface area contributed by atoms with Crippen molar-refractivity contribution in [2.24, 2.45) is 0 Å². The molecule has 0 spiro atoms. The van der Waals surface area contributed by atoms with Gasteiger partial charge in [-0.25, -0.2) is 4.98 Å². The first-order chi connectivity index (χ1) is 13.6. The van der Waals surface area contributed by atoms with Crippen LogP contribution in [0, 0.1) is 0 Å². The van der Waals surface area contributed by atoms with E-state index in [-0.39, 0.29) is 43.5 Å². The van der Waals surface area contributed by atoms with Crippen LogP contribution in [0.5, 0.6) is 0 Å². The lowest BCUT2D eigenvalue weighted by atomic mass is 10.1. The Balaban J connectivity index is 1.32. The topological polar surface area (TPSA) is 79.4 Å². The van der Waals surface area contributed by atoms with E-state index in [1.165, 1.54) is 9.60 Å². The molecule has 0 bridgehead atoms. The van der Waals surface area contributed by atoms with Gasteiger partial charge in [0.15, 0.2) is 0 Å². The van der Waals surface area contributed by atoms with Crippen molar-refractivity contribution < 1.29 is 14.4 Å². The van der Waals surface area contributed by atoms with Crippen LogP contribution < -0.4 is 5.32 Å². The number of anilines is 1. The third-order valence-corrected chi connectivity index (χ3v) is 5.68. The maximum absolute atomic E-state index is 12.1. The quantitative estimate of drug-likeness (QED) is 0.651. The molecular weight excluding hydrogens is 374 g/mol. The van der Waals surface area contributed by atoms with E-state index in [0.717, 1.165) is 22.5 Å². The van der Waals surface area contributed by atoms with Crippen LogP contribution in [0.25, 0.3) is 10.2 Å². The molecule has 3 aromatic rings. The number of rotatable bonds is 6. The standard InChI is InChI=1S/C21H19N3O3S/c25-18(11-12-24-20(26)9-10-21(24)27)22-15-7-5-14(6-8-15)13-19-23-16-3-1-2-4-17(16)28-19/h1-8H,9-13H2,(H,22,25). The van der Waals surface area contributed by atoms with Gasteiger partial charge in [0, 0.05) is 37.9 Å². The summed E-state index contributed by atoms with van der Waals surface area (Å²) in [6, 6.07) is 15.7. The van der Waals surface area contributed by atoms with Gasteiger partial charge in [0.2, 0.25) is 17.7 Å². The van der Waals surface area contributed by atoms with Gasteiger partial charge in [0.25, 0.3) is 0 Å². The Hall–Kier alpha value is -3.06. The number of hydrogen-bond donors (Lipinski definition) is 1. The van der Waals surface area contributed by atoms with Gasteiger partial charge >= 0.3 is 0 Å². The number of benzene rings is 2. The van der Waals surface area contributed by atoms with Crippen molar-refractivity contribution >= 4 is 45.0 Å². The number of imide groups is 1. The molecule has 4 rings (SSSR count). The van der Waals surface area contributed by atoms with Crippen LogP contribution in [0.1, 0.15) is 29.8 Å². The van der Waals surface area contributed by atoms with Crippen molar-refractivity contribution in [2.75, 3.05) is 11.9 Å². The molecule has 0 saturated carbocycles. The smallest absolute Gasteiger partial charge is 0.229 e. The van der Waals surface area contributed by atoms with Gasteiger partial charge in [0.05, 0.1) is 15.2 Å². The van der Waals surface area contributed by atoms with Crippen molar-refractivity contribution in [1.82, 2.24) is 9.88 Å². The van der Waals surface area contributed by atoms with Crippen molar-refractivity contribution in [1.29, 1.82) is 0 Å². The second kappa shape index (κ2) is 7.90. The Labute approximate surface area is 166 Å². The number of aromatic nitrogens is 1. The highest BCUT2D eigenvalue weighted by molar-refractivity contribution is 7.18.